The number of hydrogen-bond acceptors (Lipinski definition) is 4. The Hall–Kier alpha value is -2.23. The molecule has 17 heavy (non-hydrogen) atoms. The van der Waals surface area contributed by atoms with Crippen molar-refractivity contribution in [1.29, 1.82) is 0 Å². The first-order valence-electron chi connectivity index (χ1n) is 4.99. The van der Waals surface area contributed by atoms with Crippen LogP contribution in [0.2, 0.25) is 0 Å². The molecule has 4 nitrogen and oxygen atoms in total. The van der Waals surface area contributed by atoms with Gasteiger partial charge in [-0.25, -0.2) is 0 Å². The van der Waals surface area contributed by atoms with Crippen molar-refractivity contribution in [3.63, 3.8) is 0 Å². The number of phenols is 1. The van der Waals surface area contributed by atoms with Crippen molar-refractivity contribution in [2.75, 3.05) is 7.11 Å². The van der Waals surface area contributed by atoms with Gasteiger partial charge in [0.05, 0.1) is 7.11 Å². The van der Waals surface area contributed by atoms with Gasteiger partial charge in [0.15, 0.2) is 17.3 Å². The molecule has 0 spiro atoms. The summed E-state index contributed by atoms with van der Waals surface area (Å²) >= 11 is 0. The van der Waals surface area contributed by atoms with E-state index in [0.29, 0.717) is 11.3 Å². The number of methoxy groups -OCH3 is 1. The number of allylic oxidation sites excluding steroid dienone is 2. The van der Waals surface area contributed by atoms with Crippen LogP contribution in [0.1, 0.15) is 12.5 Å². The average molecular weight is 234 g/mol. The molecule has 0 aliphatic rings. The molecule has 0 saturated carbocycles. The zero-order valence-electron chi connectivity index (χ0n) is 9.68. The lowest BCUT2D eigenvalue weighted by atomic mass is 10.2. The van der Waals surface area contributed by atoms with Crippen molar-refractivity contribution in [3.05, 3.63) is 41.7 Å². The molecule has 0 amide bonds. The molecule has 0 bridgehead atoms. The molecule has 90 valence electrons. The number of ketones is 1. The van der Waals surface area contributed by atoms with Gasteiger partial charge in [-0.05, 0) is 30.7 Å². The van der Waals surface area contributed by atoms with E-state index in [9.17, 15) is 15.0 Å². The second-order valence-electron chi connectivity index (χ2n) is 3.44. The Morgan fingerprint density at radius 2 is 2.12 bits per heavy atom. The summed E-state index contributed by atoms with van der Waals surface area (Å²) in [4.78, 5) is 10.7. The normalized spacial score (nSPS) is 11.8. The fourth-order valence-corrected chi connectivity index (χ4v) is 1.25. The minimum Gasteiger partial charge on any atom is -0.508 e. The summed E-state index contributed by atoms with van der Waals surface area (Å²) in [5, 5.41) is 18.8. The summed E-state index contributed by atoms with van der Waals surface area (Å²) < 4.78 is 4.90. The molecule has 0 fully saturated rings. The van der Waals surface area contributed by atoms with Crippen molar-refractivity contribution in [1.82, 2.24) is 0 Å². The SMILES string of the molecule is COc1ccc(/C=C/C(O)=C/C(C)=O)cc1O. The summed E-state index contributed by atoms with van der Waals surface area (Å²) in [6.45, 7) is 1.35. The number of ether oxygens (including phenoxy) is 1. The number of aliphatic hydroxyl groups excluding tert-OH is 1. The fourth-order valence-electron chi connectivity index (χ4n) is 1.25. The monoisotopic (exact) mass is 234 g/mol. The Kier molecular flexibility index (Phi) is 4.34. The van der Waals surface area contributed by atoms with Gasteiger partial charge in [-0.15, -0.1) is 0 Å². The molecule has 0 radical (unpaired) electrons. The first-order chi connectivity index (χ1) is 8.02. The van der Waals surface area contributed by atoms with Crippen molar-refractivity contribution < 1.29 is 19.7 Å². The van der Waals surface area contributed by atoms with Crippen molar-refractivity contribution in [2.24, 2.45) is 0 Å². The quantitative estimate of drug-likeness (QED) is 0.477. The van der Waals surface area contributed by atoms with E-state index in [4.69, 9.17) is 4.74 Å². The Morgan fingerprint density at radius 3 is 2.65 bits per heavy atom. The van der Waals surface area contributed by atoms with Gasteiger partial charge in [0, 0.05) is 6.08 Å². The molecule has 0 aliphatic heterocycles. The van der Waals surface area contributed by atoms with E-state index in [1.807, 2.05) is 0 Å². The molecule has 1 aromatic rings. The first kappa shape index (κ1) is 12.8. The molecule has 0 aliphatic carbocycles. The molecule has 0 unspecified atom stereocenters. The van der Waals surface area contributed by atoms with Gasteiger partial charge >= 0.3 is 0 Å². The van der Waals surface area contributed by atoms with Crippen LogP contribution in [0.3, 0.4) is 0 Å². The molecule has 1 aromatic carbocycles. The smallest absolute Gasteiger partial charge is 0.160 e. The minimum absolute atomic E-state index is 0.0182. The summed E-state index contributed by atoms with van der Waals surface area (Å²) in [5.74, 6) is 0.0351. The highest BCUT2D eigenvalue weighted by Gasteiger charge is 2.00. The van der Waals surface area contributed by atoms with Crippen LogP contribution >= 0.6 is 0 Å². The third kappa shape index (κ3) is 4.03. The average Bonchev–Trinajstić information content (AvgIpc) is 2.25. The number of rotatable bonds is 4. The number of phenolic OH excluding ortho intramolecular Hbond substituents is 1. The van der Waals surface area contributed by atoms with E-state index in [1.54, 1.807) is 18.2 Å². The topological polar surface area (TPSA) is 66.8 Å². The third-order valence-electron chi connectivity index (χ3n) is 2.00. The Bertz CT molecular complexity index is 472. The van der Waals surface area contributed by atoms with Gasteiger partial charge in [-0.3, -0.25) is 4.79 Å². The second-order valence-corrected chi connectivity index (χ2v) is 3.44. The lowest BCUT2D eigenvalue weighted by Gasteiger charge is -2.03. The highest BCUT2D eigenvalue weighted by molar-refractivity contribution is 5.88. The maximum Gasteiger partial charge on any atom is 0.160 e. The Morgan fingerprint density at radius 1 is 1.41 bits per heavy atom. The van der Waals surface area contributed by atoms with Crippen LogP contribution in [-0.2, 0) is 4.79 Å². The van der Waals surface area contributed by atoms with Gasteiger partial charge in [0.1, 0.15) is 5.76 Å². The van der Waals surface area contributed by atoms with E-state index >= 15 is 0 Å². The first-order valence-corrected chi connectivity index (χ1v) is 4.99. The van der Waals surface area contributed by atoms with E-state index in [0.717, 1.165) is 6.08 Å². The fraction of sp³-hybridized carbons (Fsp3) is 0.154. The maximum absolute atomic E-state index is 10.7. The number of aliphatic hydroxyl groups is 1. The van der Waals surface area contributed by atoms with E-state index in [2.05, 4.69) is 0 Å². The van der Waals surface area contributed by atoms with Crippen LogP contribution in [-0.4, -0.2) is 23.1 Å². The lowest BCUT2D eigenvalue weighted by Crippen LogP contribution is -1.85. The van der Waals surface area contributed by atoms with Crippen LogP contribution in [0.4, 0.5) is 0 Å². The highest BCUT2D eigenvalue weighted by Crippen LogP contribution is 2.26. The molecular weight excluding hydrogens is 220 g/mol. The largest absolute Gasteiger partial charge is 0.508 e. The van der Waals surface area contributed by atoms with Crippen molar-refractivity contribution in [3.8, 4) is 11.5 Å². The highest BCUT2D eigenvalue weighted by atomic mass is 16.5. The molecule has 2 N–H and O–H groups in total. The van der Waals surface area contributed by atoms with Crippen LogP contribution < -0.4 is 4.74 Å². The summed E-state index contributed by atoms with van der Waals surface area (Å²) in [7, 11) is 1.46. The summed E-state index contributed by atoms with van der Waals surface area (Å²) in [6.07, 6.45) is 4.07. The summed E-state index contributed by atoms with van der Waals surface area (Å²) in [5.41, 5.74) is 0.687. The molecular formula is C13H14O4. The van der Waals surface area contributed by atoms with Crippen LogP contribution in [0, 0.1) is 0 Å². The molecule has 0 saturated heterocycles. The van der Waals surface area contributed by atoms with Gasteiger partial charge < -0.3 is 14.9 Å². The zero-order chi connectivity index (χ0) is 12.8. The van der Waals surface area contributed by atoms with Crippen LogP contribution in [0.5, 0.6) is 11.5 Å². The standard InChI is InChI=1S/C13H14O4/c1-9(14)7-11(15)5-3-10-4-6-13(17-2)12(16)8-10/h3-8,15-16H,1-2H3/b5-3+,11-7-. The molecule has 0 heterocycles. The molecule has 0 aromatic heterocycles. The number of benzene rings is 1. The number of carbonyl (C=O) groups is 1. The van der Waals surface area contributed by atoms with Crippen LogP contribution in [0.25, 0.3) is 6.08 Å². The molecule has 1 rings (SSSR count). The van der Waals surface area contributed by atoms with Gasteiger partial charge in [0.2, 0.25) is 0 Å². The molecule has 4 heteroatoms. The maximum atomic E-state index is 10.7. The van der Waals surface area contributed by atoms with Gasteiger partial charge in [-0.1, -0.05) is 12.1 Å². The Balaban J connectivity index is 2.86. The Labute approximate surface area is 99.5 Å². The molecule has 0 atom stereocenters. The van der Waals surface area contributed by atoms with E-state index in [-0.39, 0.29) is 17.3 Å². The van der Waals surface area contributed by atoms with E-state index < -0.39 is 0 Å². The number of carbonyl (C=O) groups excluding carboxylic acids is 1. The second kappa shape index (κ2) is 5.75. The number of aromatic hydroxyl groups is 1. The minimum atomic E-state index is -0.232. The third-order valence-corrected chi connectivity index (χ3v) is 2.00. The predicted molar refractivity (Wildman–Crippen MR) is 65.1 cm³/mol. The van der Waals surface area contributed by atoms with Crippen molar-refractivity contribution >= 4 is 11.9 Å². The zero-order valence-corrected chi connectivity index (χ0v) is 9.68. The van der Waals surface area contributed by atoms with Crippen molar-refractivity contribution in [2.45, 2.75) is 6.92 Å². The number of hydrogen-bond donors (Lipinski definition) is 2. The lowest BCUT2D eigenvalue weighted by molar-refractivity contribution is -0.112. The summed E-state index contributed by atoms with van der Waals surface area (Å²) in [6, 6.07) is 4.83. The van der Waals surface area contributed by atoms with Gasteiger partial charge in [-0.2, -0.15) is 0 Å². The van der Waals surface area contributed by atoms with E-state index in [1.165, 1.54) is 26.2 Å². The van der Waals surface area contributed by atoms with Crippen LogP contribution in [0.15, 0.2) is 36.1 Å². The van der Waals surface area contributed by atoms with Gasteiger partial charge in [0.25, 0.3) is 0 Å². The predicted octanol–water partition coefficient (Wildman–Crippen LogP) is 2.44.